The van der Waals surface area contributed by atoms with E-state index in [0.29, 0.717) is 0 Å². The first-order chi connectivity index (χ1) is 9.08. The number of hydrogen-bond acceptors (Lipinski definition) is 3. The van der Waals surface area contributed by atoms with E-state index in [4.69, 9.17) is 11.6 Å². The molecule has 1 N–H and O–H groups in total. The van der Waals surface area contributed by atoms with Crippen LogP contribution in [0.2, 0.25) is 5.02 Å². The Balaban J connectivity index is 2.82. The molecule has 1 aromatic carbocycles. The number of halogens is 1. The van der Waals surface area contributed by atoms with Gasteiger partial charge in [0.2, 0.25) is 0 Å². The summed E-state index contributed by atoms with van der Waals surface area (Å²) in [7, 11) is 6.14. The number of hydrogen-bond donors (Lipinski definition) is 1. The monoisotopic (exact) mass is 283 g/mol. The molecule has 0 atom stereocenters. The standard InChI is InChI=1S/C15H26ClN3/c1-5-8-19(10-9-18(3)4)15-7-6-13(12-17-2)11-14(15)16/h6-7,11,17H,5,8-10,12H2,1-4H3. The molecule has 0 aliphatic rings. The van der Waals surface area contributed by atoms with E-state index in [1.807, 2.05) is 7.05 Å². The highest BCUT2D eigenvalue weighted by Crippen LogP contribution is 2.27. The maximum Gasteiger partial charge on any atom is 0.0642 e. The maximum absolute atomic E-state index is 6.43. The highest BCUT2D eigenvalue weighted by molar-refractivity contribution is 6.33. The zero-order valence-corrected chi connectivity index (χ0v) is 13.3. The zero-order valence-electron chi connectivity index (χ0n) is 12.5. The van der Waals surface area contributed by atoms with Crippen LogP contribution in [0.25, 0.3) is 0 Å². The van der Waals surface area contributed by atoms with Crippen LogP contribution in [0.1, 0.15) is 18.9 Å². The third kappa shape index (κ3) is 5.39. The smallest absolute Gasteiger partial charge is 0.0642 e. The molecule has 0 aliphatic carbocycles. The van der Waals surface area contributed by atoms with Crippen LogP contribution in [0.4, 0.5) is 5.69 Å². The molecule has 1 aromatic rings. The van der Waals surface area contributed by atoms with Gasteiger partial charge < -0.3 is 15.1 Å². The lowest BCUT2D eigenvalue weighted by Crippen LogP contribution is -2.32. The molecule has 0 heterocycles. The Morgan fingerprint density at radius 2 is 1.89 bits per heavy atom. The lowest BCUT2D eigenvalue weighted by molar-refractivity contribution is 0.413. The fourth-order valence-electron chi connectivity index (χ4n) is 2.06. The number of anilines is 1. The predicted octanol–water partition coefficient (Wildman–Crippen LogP) is 2.84. The first-order valence-corrected chi connectivity index (χ1v) is 7.29. The van der Waals surface area contributed by atoms with Gasteiger partial charge >= 0.3 is 0 Å². The summed E-state index contributed by atoms with van der Waals surface area (Å²) in [6, 6.07) is 6.35. The summed E-state index contributed by atoms with van der Waals surface area (Å²) in [5.41, 5.74) is 2.37. The van der Waals surface area contributed by atoms with E-state index in [0.717, 1.165) is 43.3 Å². The SMILES string of the molecule is CCCN(CCN(C)C)c1ccc(CNC)cc1Cl. The van der Waals surface area contributed by atoms with Crippen molar-refractivity contribution >= 4 is 17.3 Å². The predicted molar refractivity (Wildman–Crippen MR) is 85.3 cm³/mol. The molecule has 0 bridgehead atoms. The third-order valence-electron chi connectivity index (χ3n) is 3.04. The second-order valence-electron chi connectivity index (χ2n) is 5.11. The number of rotatable bonds is 8. The second kappa shape index (κ2) is 8.41. The molecular formula is C15H26ClN3. The normalized spacial score (nSPS) is 11.1. The molecule has 0 saturated heterocycles. The van der Waals surface area contributed by atoms with Crippen LogP contribution in [0.15, 0.2) is 18.2 Å². The first-order valence-electron chi connectivity index (χ1n) is 6.91. The molecule has 0 radical (unpaired) electrons. The van der Waals surface area contributed by atoms with Gasteiger partial charge in [0.05, 0.1) is 10.7 Å². The fourth-order valence-corrected chi connectivity index (χ4v) is 2.39. The van der Waals surface area contributed by atoms with Crippen molar-refractivity contribution in [1.82, 2.24) is 10.2 Å². The lowest BCUT2D eigenvalue weighted by Gasteiger charge is -2.27. The highest BCUT2D eigenvalue weighted by atomic mass is 35.5. The van der Waals surface area contributed by atoms with Crippen LogP contribution in [0.5, 0.6) is 0 Å². The molecule has 0 aromatic heterocycles. The van der Waals surface area contributed by atoms with Crippen molar-refractivity contribution in [3.63, 3.8) is 0 Å². The van der Waals surface area contributed by atoms with Gasteiger partial charge in [-0.2, -0.15) is 0 Å². The molecule has 0 spiro atoms. The molecular weight excluding hydrogens is 258 g/mol. The number of benzene rings is 1. The van der Waals surface area contributed by atoms with Gasteiger partial charge in [0.15, 0.2) is 0 Å². The highest BCUT2D eigenvalue weighted by Gasteiger charge is 2.10. The van der Waals surface area contributed by atoms with Crippen LogP contribution in [-0.2, 0) is 6.54 Å². The average molecular weight is 284 g/mol. The molecule has 0 saturated carbocycles. The number of nitrogens with one attached hydrogen (secondary N) is 1. The minimum absolute atomic E-state index is 0.847. The molecule has 0 fully saturated rings. The molecule has 0 amide bonds. The molecule has 0 unspecified atom stereocenters. The topological polar surface area (TPSA) is 18.5 Å². The zero-order chi connectivity index (χ0) is 14.3. The van der Waals surface area contributed by atoms with Crippen LogP contribution < -0.4 is 10.2 Å². The summed E-state index contributed by atoms with van der Waals surface area (Å²) in [4.78, 5) is 4.57. The van der Waals surface area contributed by atoms with Crippen molar-refractivity contribution in [2.45, 2.75) is 19.9 Å². The van der Waals surface area contributed by atoms with E-state index < -0.39 is 0 Å². The van der Waals surface area contributed by atoms with Crippen LogP contribution in [-0.4, -0.2) is 45.7 Å². The van der Waals surface area contributed by atoms with Gasteiger partial charge in [0.25, 0.3) is 0 Å². The lowest BCUT2D eigenvalue weighted by atomic mass is 10.2. The Morgan fingerprint density at radius 3 is 2.42 bits per heavy atom. The first kappa shape index (κ1) is 16.3. The molecule has 4 heteroatoms. The largest absolute Gasteiger partial charge is 0.369 e. The summed E-state index contributed by atoms with van der Waals surface area (Å²) in [6.07, 6.45) is 1.13. The van der Waals surface area contributed by atoms with E-state index in [2.05, 4.69) is 54.3 Å². The van der Waals surface area contributed by atoms with Crippen LogP contribution in [0.3, 0.4) is 0 Å². The van der Waals surface area contributed by atoms with Gasteiger partial charge in [-0.3, -0.25) is 0 Å². The Hall–Kier alpha value is -0.770. The molecule has 1 rings (SSSR count). The van der Waals surface area contributed by atoms with E-state index >= 15 is 0 Å². The van der Waals surface area contributed by atoms with E-state index in [1.165, 1.54) is 5.56 Å². The van der Waals surface area contributed by atoms with Crippen molar-refractivity contribution < 1.29 is 0 Å². The summed E-state index contributed by atoms with van der Waals surface area (Å²) in [5.74, 6) is 0. The van der Waals surface area contributed by atoms with Gasteiger partial charge in [0, 0.05) is 26.2 Å². The number of likely N-dealkylation sites (N-methyl/N-ethyl adjacent to an activating group) is 1. The van der Waals surface area contributed by atoms with Crippen molar-refractivity contribution in [1.29, 1.82) is 0 Å². The van der Waals surface area contributed by atoms with E-state index in [9.17, 15) is 0 Å². The summed E-state index contributed by atoms with van der Waals surface area (Å²) >= 11 is 6.43. The molecule has 3 nitrogen and oxygen atoms in total. The second-order valence-corrected chi connectivity index (χ2v) is 5.51. The Bertz CT molecular complexity index is 380. The van der Waals surface area contributed by atoms with Crippen molar-refractivity contribution in [3.05, 3.63) is 28.8 Å². The Morgan fingerprint density at radius 1 is 1.16 bits per heavy atom. The fraction of sp³-hybridized carbons (Fsp3) is 0.600. The Labute approximate surface area is 122 Å². The molecule has 19 heavy (non-hydrogen) atoms. The number of nitrogens with zero attached hydrogens (tertiary/aromatic N) is 2. The maximum atomic E-state index is 6.43. The average Bonchev–Trinajstić information content (AvgIpc) is 2.35. The summed E-state index contributed by atoms with van der Waals surface area (Å²) < 4.78 is 0. The summed E-state index contributed by atoms with van der Waals surface area (Å²) in [6.45, 7) is 6.14. The van der Waals surface area contributed by atoms with Gasteiger partial charge in [0.1, 0.15) is 0 Å². The third-order valence-corrected chi connectivity index (χ3v) is 3.35. The van der Waals surface area contributed by atoms with Crippen molar-refractivity contribution in [2.75, 3.05) is 45.7 Å². The van der Waals surface area contributed by atoms with Crippen LogP contribution in [0, 0.1) is 0 Å². The minimum atomic E-state index is 0.847. The van der Waals surface area contributed by atoms with Gasteiger partial charge in [-0.05, 0) is 45.3 Å². The van der Waals surface area contributed by atoms with E-state index in [-0.39, 0.29) is 0 Å². The van der Waals surface area contributed by atoms with E-state index in [1.54, 1.807) is 0 Å². The minimum Gasteiger partial charge on any atom is -0.369 e. The quantitative estimate of drug-likeness (QED) is 0.791. The van der Waals surface area contributed by atoms with Gasteiger partial charge in [-0.25, -0.2) is 0 Å². The Kier molecular flexibility index (Phi) is 7.21. The van der Waals surface area contributed by atoms with Gasteiger partial charge in [-0.1, -0.05) is 24.6 Å². The van der Waals surface area contributed by atoms with Crippen LogP contribution >= 0.6 is 11.6 Å². The molecule has 108 valence electrons. The summed E-state index contributed by atoms with van der Waals surface area (Å²) in [5, 5.41) is 3.99. The van der Waals surface area contributed by atoms with Crippen molar-refractivity contribution in [2.24, 2.45) is 0 Å². The molecule has 0 aliphatic heterocycles. The van der Waals surface area contributed by atoms with Gasteiger partial charge in [-0.15, -0.1) is 0 Å². The van der Waals surface area contributed by atoms with Crippen molar-refractivity contribution in [3.8, 4) is 0 Å².